The smallest absolute Gasteiger partial charge is 0.306 e. The molecule has 2 rings (SSSR count). The second-order valence-electron chi connectivity index (χ2n) is 3.23. The van der Waals surface area contributed by atoms with Crippen molar-refractivity contribution in [1.82, 2.24) is 15.3 Å². The van der Waals surface area contributed by atoms with Crippen LogP contribution in [0.2, 0.25) is 0 Å². The quantitative estimate of drug-likeness (QED) is 0.668. The Balaban J connectivity index is 2.56. The molecule has 0 aliphatic rings. The molecule has 5 nitrogen and oxygen atoms in total. The summed E-state index contributed by atoms with van der Waals surface area (Å²) in [5.41, 5.74) is 2.06. The Morgan fingerprint density at radius 1 is 1.40 bits per heavy atom. The molecule has 1 unspecified atom stereocenters. The minimum Gasteiger partial charge on any atom is -0.306 e. The van der Waals surface area contributed by atoms with E-state index in [0.717, 1.165) is 11.1 Å². The van der Waals surface area contributed by atoms with E-state index in [2.05, 4.69) is 21.4 Å². The van der Waals surface area contributed by atoms with Gasteiger partial charge in [0.05, 0.1) is 17.1 Å². The molecule has 0 amide bonds. The molecule has 0 fully saturated rings. The highest BCUT2D eigenvalue weighted by Gasteiger charge is 2.08. The molecule has 0 saturated carbocycles. The summed E-state index contributed by atoms with van der Waals surface area (Å²) in [6.07, 6.45) is 0. The van der Waals surface area contributed by atoms with E-state index in [1.807, 2.05) is 6.07 Å². The molecule has 0 radical (unpaired) electrons. The van der Waals surface area contributed by atoms with Gasteiger partial charge >= 0.3 is 5.69 Å². The molecule has 0 aliphatic heterocycles. The van der Waals surface area contributed by atoms with Gasteiger partial charge in [-0.2, -0.15) is 5.26 Å². The van der Waals surface area contributed by atoms with E-state index in [-0.39, 0.29) is 11.7 Å². The summed E-state index contributed by atoms with van der Waals surface area (Å²) >= 11 is 0. The monoisotopic (exact) mass is 202 g/mol. The highest BCUT2D eigenvalue weighted by atomic mass is 16.1. The van der Waals surface area contributed by atoms with Crippen LogP contribution in [0, 0.1) is 11.3 Å². The average molecular weight is 202 g/mol. The van der Waals surface area contributed by atoms with E-state index in [1.165, 1.54) is 0 Å². The number of aromatic amines is 2. The minimum absolute atomic E-state index is 0.236. The number of fused-ring (bicyclic) bond motifs is 1. The fraction of sp³-hybridized carbons (Fsp3) is 0.200. The molecule has 1 aromatic heterocycles. The molecule has 2 aromatic rings. The minimum atomic E-state index is -0.354. The van der Waals surface area contributed by atoms with Crippen molar-refractivity contribution in [2.24, 2.45) is 0 Å². The van der Waals surface area contributed by atoms with E-state index in [4.69, 9.17) is 5.26 Å². The van der Waals surface area contributed by atoms with Crippen LogP contribution >= 0.6 is 0 Å². The largest absolute Gasteiger partial charge is 0.323 e. The molecule has 0 bridgehead atoms. The predicted octanol–water partition coefficient (Wildman–Crippen LogP) is 0.640. The number of H-pyrrole nitrogens is 2. The second-order valence-corrected chi connectivity index (χ2v) is 3.23. The number of nitrogens with zero attached hydrogens (tertiary/aromatic N) is 1. The molecule has 5 heteroatoms. The number of hydrogen-bond donors (Lipinski definition) is 3. The first-order valence-electron chi connectivity index (χ1n) is 4.53. The molecule has 0 spiro atoms. The van der Waals surface area contributed by atoms with Gasteiger partial charge in [-0.1, -0.05) is 6.07 Å². The maximum Gasteiger partial charge on any atom is 0.323 e. The summed E-state index contributed by atoms with van der Waals surface area (Å²) in [6.45, 7) is 0. The Hall–Kier alpha value is -2.06. The topological polar surface area (TPSA) is 84.5 Å². The Kier molecular flexibility index (Phi) is 2.27. The fourth-order valence-corrected chi connectivity index (χ4v) is 1.54. The van der Waals surface area contributed by atoms with Crippen LogP contribution in [0.1, 0.15) is 11.6 Å². The van der Waals surface area contributed by atoms with Gasteiger partial charge in [-0.3, -0.25) is 0 Å². The lowest BCUT2D eigenvalue weighted by molar-refractivity contribution is 0.728. The first-order valence-corrected chi connectivity index (χ1v) is 4.53. The van der Waals surface area contributed by atoms with Crippen LogP contribution in [-0.2, 0) is 0 Å². The lowest BCUT2D eigenvalue weighted by Gasteiger charge is -2.06. The van der Waals surface area contributed by atoms with Crippen molar-refractivity contribution in [3.8, 4) is 6.07 Å². The van der Waals surface area contributed by atoms with Crippen molar-refractivity contribution in [1.29, 1.82) is 5.26 Å². The van der Waals surface area contributed by atoms with Crippen molar-refractivity contribution in [3.63, 3.8) is 0 Å². The Labute approximate surface area is 85.7 Å². The Bertz CT molecular complexity index is 575. The molecular formula is C10H10N4O. The summed E-state index contributed by atoms with van der Waals surface area (Å²) in [5.74, 6) is 0. The van der Waals surface area contributed by atoms with E-state index in [9.17, 15) is 4.79 Å². The summed E-state index contributed by atoms with van der Waals surface area (Å²) in [7, 11) is 1.72. The summed E-state index contributed by atoms with van der Waals surface area (Å²) in [6, 6.07) is 7.16. The second kappa shape index (κ2) is 3.59. The van der Waals surface area contributed by atoms with Gasteiger partial charge in [0.2, 0.25) is 0 Å². The predicted molar refractivity (Wildman–Crippen MR) is 56.3 cm³/mol. The van der Waals surface area contributed by atoms with Gasteiger partial charge in [-0.15, -0.1) is 0 Å². The number of nitrogens with one attached hydrogen (secondary N) is 3. The van der Waals surface area contributed by atoms with Gasteiger partial charge in [0, 0.05) is 0 Å². The molecule has 1 heterocycles. The highest BCUT2D eigenvalue weighted by molar-refractivity contribution is 5.75. The highest BCUT2D eigenvalue weighted by Crippen LogP contribution is 2.16. The molecule has 0 aliphatic carbocycles. The first kappa shape index (κ1) is 9.49. The van der Waals surface area contributed by atoms with Gasteiger partial charge in [-0.25, -0.2) is 4.79 Å². The zero-order valence-electron chi connectivity index (χ0n) is 8.16. The Morgan fingerprint density at radius 3 is 2.80 bits per heavy atom. The zero-order valence-corrected chi connectivity index (χ0v) is 8.16. The molecule has 0 saturated heterocycles. The zero-order chi connectivity index (χ0) is 10.8. The van der Waals surface area contributed by atoms with Crippen molar-refractivity contribution in [2.45, 2.75) is 6.04 Å². The SMILES string of the molecule is CNC(C#N)c1ccc2[nH]c(=O)[nH]c2c1. The summed E-state index contributed by atoms with van der Waals surface area (Å²) in [5, 5.41) is 11.7. The Morgan fingerprint density at radius 2 is 2.13 bits per heavy atom. The van der Waals surface area contributed by atoms with Gasteiger partial charge in [0.1, 0.15) is 6.04 Å². The molecule has 1 aromatic carbocycles. The van der Waals surface area contributed by atoms with Gasteiger partial charge in [-0.05, 0) is 24.7 Å². The van der Waals surface area contributed by atoms with Crippen LogP contribution in [0.4, 0.5) is 0 Å². The number of benzene rings is 1. The van der Waals surface area contributed by atoms with Gasteiger partial charge in [0.15, 0.2) is 0 Å². The van der Waals surface area contributed by atoms with E-state index in [0.29, 0.717) is 5.52 Å². The number of aromatic nitrogens is 2. The number of hydrogen-bond acceptors (Lipinski definition) is 3. The number of rotatable bonds is 2. The van der Waals surface area contributed by atoms with Gasteiger partial charge in [0.25, 0.3) is 0 Å². The fourth-order valence-electron chi connectivity index (χ4n) is 1.54. The van der Waals surface area contributed by atoms with Crippen LogP contribution in [-0.4, -0.2) is 17.0 Å². The van der Waals surface area contributed by atoms with Crippen molar-refractivity contribution < 1.29 is 0 Å². The van der Waals surface area contributed by atoms with Crippen LogP contribution in [0.3, 0.4) is 0 Å². The summed E-state index contributed by atoms with van der Waals surface area (Å²) in [4.78, 5) is 16.3. The molecular weight excluding hydrogens is 192 g/mol. The third-order valence-corrected chi connectivity index (χ3v) is 2.29. The van der Waals surface area contributed by atoms with Crippen molar-refractivity contribution in [2.75, 3.05) is 7.05 Å². The van der Waals surface area contributed by atoms with Crippen LogP contribution < -0.4 is 11.0 Å². The van der Waals surface area contributed by atoms with Crippen molar-refractivity contribution >= 4 is 11.0 Å². The third-order valence-electron chi connectivity index (χ3n) is 2.29. The number of nitriles is 1. The standard InChI is InChI=1S/C10H10N4O/c1-12-9(5-11)6-2-3-7-8(4-6)14-10(15)13-7/h2-4,9,12H,1H3,(H2,13,14,15). The number of imidazole rings is 1. The van der Waals surface area contributed by atoms with E-state index < -0.39 is 0 Å². The molecule has 15 heavy (non-hydrogen) atoms. The maximum absolute atomic E-state index is 11.0. The summed E-state index contributed by atoms with van der Waals surface area (Å²) < 4.78 is 0. The van der Waals surface area contributed by atoms with Crippen LogP contribution in [0.5, 0.6) is 0 Å². The molecule has 76 valence electrons. The van der Waals surface area contributed by atoms with Crippen LogP contribution in [0.15, 0.2) is 23.0 Å². The molecule has 3 N–H and O–H groups in total. The molecule has 1 atom stereocenters. The first-order chi connectivity index (χ1) is 7.24. The average Bonchev–Trinajstić information content (AvgIpc) is 2.59. The lowest BCUT2D eigenvalue weighted by Crippen LogP contribution is -2.13. The maximum atomic E-state index is 11.0. The van der Waals surface area contributed by atoms with Crippen LogP contribution in [0.25, 0.3) is 11.0 Å². The normalized spacial score (nSPS) is 12.5. The lowest BCUT2D eigenvalue weighted by atomic mass is 10.1. The van der Waals surface area contributed by atoms with Gasteiger partial charge < -0.3 is 15.3 Å². The van der Waals surface area contributed by atoms with Crippen molar-refractivity contribution in [3.05, 3.63) is 34.2 Å². The van der Waals surface area contributed by atoms with E-state index >= 15 is 0 Å². The van der Waals surface area contributed by atoms with E-state index in [1.54, 1.807) is 19.2 Å². The third kappa shape index (κ3) is 1.63.